The molecule has 3 N–H and O–H groups in total. The fourth-order valence-electron chi connectivity index (χ4n) is 4.72. The molecule has 0 aliphatic heterocycles. The molecule has 0 radical (unpaired) electrons. The van der Waals surface area contributed by atoms with E-state index in [2.05, 4.69) is 55.2 Å². The van der Waals surface area contributed by atoms with Crippen molar-refractivity contribution in [1.82, 2.24) is 29.0 Å². The van der Waals surface area contributed by atoms with Gasteiger partial charge in [0.1, 0.15) is 11.8 Å². The van der Waals surface area contributed by atoms with Crippen LogP contribution in [0.5, 0.6) is 0 Å². The van der Waals surface area contributed by atoms with Gasteiger partial charge in [-0.1, -0.05) is 31.6 Å². The van der Waals surface area contributed by atoms with E-state index < -0.39 is 0 Å². The molecule has 0 saturated carbocycles. The standard InChI is InChI=1S/C32H35N9O2S/c1-5-6-9-23(12-8-18-38(2)3)39(4)25-10-7-11-26(20-25)41-29-27(28(33)35-21-36-29)40(32(41)43)24-15-13-22(14-16-24)30(42)37-31-34-17-19-44-31/h7-17,19-21H,5-6,18H2,1-4H3,(H2,33,35,36)(H,34,37,42)/b12-8+,23-9-. The number of hydrogen-bond donors (Lipinski definition) is 2. The largest absolute Gasteiger partial charge is 0.382 e. The Balaban J connectivity index is 1.54. The quantitative estimate of drug-likeness (QED) is 0.198. The lowest BCUT2D eigenvalue weighted by Crippen LogP contribution is -2.23. The van der Waals surface area contributed by atoms with Gasteiger partial charge < -0.3 is 15.5 Å². The summed E-state index contributed by atoms with van der Waals surface area (Å²) in [7, 11) is 6.08. The van der Waals surface area contributed by atoms with Gasteiger partial charge >= 0.3 is 5.69 Å². The number of rotatable bonds is 11. The summed E-state index contributed by atoms with van der Waals surface area (Å²) in [6, 6.07) is 14.4. The first-order valence-electron chi connectivity index (χ1n) is 14.2. The lowest BCUT2D eigenvalue weighted by Gasteiger charge is -2.22. The fraction of sp³-hybridized carbons (Fsp3) is 0.219. The van der Waals surface area contributed by atoms with Gasteiger partial charge in [0.05, 0.1) is 11.4 Å². The molecule has 3 aromatic heterocycles. The number of nitrogens with two attached hydrogens (primary N) is 1. The van der Waals surface area contributed by atoms with Crippen molar-refractivity contribution in [3.05, 3.63) is 106 Å². The molecule has 1 amide bonds. The number of carbonyl (C=O) groups is 1. The smallest absolute Gasteiger partial charge is 0.339 e. The third kappa shape index (κ3) is 6.46. The maximum absolute atomic E-state index is 14.1. The van der Waals surface area contributed by atoms with Crippen molar-refractivity contribution >= 4 is 45.0 Å². The van der Waals surface area contributed by atoms with Crippen LogP contribution in [-0.4, -0.2) is 62.6 Å². The summed E-state index contributed by atoms with van der Waals surface area (Å²) < 4.78 is 3.01. The third-order valence-electron chi connectivity index (χ3n) is 6.95. The zero-order chi connectivity index (χ0) is 31.2. The van der Waals surface area contributed by atoms with Crippen molar-refractivity contribution in [2.24, 2.45) is 0 Å². The Kier molecular flexibility index (Phi) is 9.32. The number of amides is 1. The number of aromatic nitrogens is 5. The number of allylic oxidation sites excluding steroid dienone is 2. The van der Waals surface area contributed by atoms with Crippen molar-refractivity contribution < 1.29 is 4.79 Å². The van der Waals surface area contributed by atoms with Crippen LogP contribution in [0.1, 0.15) is 30.1 Å². The molecule has 0 saturated heterocycles. The summed E-state index contributed by atoms with van der Waals surface area (Å²) in [5.74, 6) is -0.130. The highest BCUT2D eigenvalue weighted by Gasteiger charge is 2.21. The van der Waals surface area contributed by atoms with E-state index in [-0.39, 0.29) is 17.4 Å². The molecule has 2 aromatic carbocycles. The highest BCUT2D eigenvalue weighted by atomic mass is 32.1. The average molecular weight is 610 g/mol. The summed E-state index contributed by atoms with van der Waals surface area (Å²) in [6.07, 6.45) is 11.4. The summed E-state index contributed by atoms with van der Waals surface area (Å²) in [4.78, 5) is 43.7. The van der Waals surface area contributed by atoms with E-state index in [0.29, 0.717) is 33.2 Å². The Hall–Kier alpha value is -5.07. The number of nitrogen functional groups attached to an aromatic ring is 1. The van der Waals surface area contributed by atoms with Gasteiger partial charge in [-0.2, -0.15) is 0 Å². The van der Waals surface area contributed by atoms with Crippen LogP contribution in [0.4, 0.5) is 16.6 Å². The molecule has 44 heavy (non-hydrogen) atoms. The molecule has 0 atom stereocenters. The number of nitrogens with one attached hydrogen (secondary N) is 1. The topological polar surface area (TPSA) is 127 Å². The summed E-state index contributed by atoms with van der Waals surface area (Å²) in [5, 5.41) is 5.06. The number of carbonyl (C=O) groups excluding carboxylic acids is 1. The minimum atomic E-state index is -0.361. The van der Waals surface area contributed by atoms with E-state index in [1.165, 1.54) is 26.8 Å². The second kappa shape index (κ2) is 13.5. The van der Waals surface area contributed by atoms with Crippen LogP contribution >= 0.6 is 11.3 Å². The maximum Gasteiger partial charge on any atom is 0.339 e. The van der Waals surface area contributed by atoms with Crippen LogP contribution in [0.15, 0.2) is 95.2 Å². The number of unbranched alkanes of at least 4 members (excludes halogenated alkanes) is 1. The number of benzene rings is 2. The van der Waals surface area contributed by atoms with Crippen LogP contribution < -0.4 is 21.6 Å². The van der Waals surface area contributed by atoms with Crippen LogP contribution in [0.25, 0.3) is 22.5 Å². The lowest BCUT2D eigenvalue weighted by atomic mass is 10.2. The van der Waals surface area contributed by atoms with E-state index in [4.69, 9.17) is 5.73 Å². The number of fused-ring (bicyclic) bond motifs is 1. The van der Waals surface area contributed by atoms with Crippen LogP contribution in [-0.2, 0) is 0 Å². The van der Waals surface area contributed by atoms with Crippen molar-refractivity contribution in [1.29, 1.82) is 0 Å². The molecule has 0 unspecified atom stereocenters. The molecule has 12 heteroatoms. The van der Waals surface area contributed by atoms with E-state index >= 15 is 0 Å². The molecular weight excluding hydrogens is 574 g/mol. The fourth-order valence-corrected chi connectivity index (χ4v) is 5.24. The monoisotopic (exact) mass is 609 g/mol. The maximum atomic E-state index is 14.1. The number of imidazole rings is 1. The number of thiazole rings is 1. The Bertz CT molecular complexity index is 1870. The lowest BCUT2D eigenvalue weighted by molar-refractivity contribution is 0.102. The van der Waals surface area contributed by atoms with Crippen LogP contribution in [0.2, 0.25) is 0 Å². The first-order chi connectivity index (χ1) is 21.3. The van der Waals surface area contributed by atoms with E-state index in [1.54, 1.807) is 35.8 Å². The normalized spacial score (nSPS) is 12.0. The molecule has 3 heterocycles. The van der Waals surface area contributed by atoms with Gasteiger partial charge in [0, 0.05) is 42.1 Å². The Morgan fingerprint density at radius 3 is 2.55 bits per heavy atom. The van der Waals surface area contributed by atoms with Gasteiger partial charge in [-0.3, -0.25) is 14.7 Å². The Morgan fingerprint density at radius 2 is 1.84 bits per heavy atom. The van der Waals surface area contributed by atoms with E-state index in [9.17, 15) is 9.59 Å². The van der Waals surface area contributed by atoms with Crippen molar-refractivity contribution in [2.75, 3.05) is 43.6 Å². The molecular formula is C32H35N9O2S. The molecule has 5 rings (SSSR count). The molecule has 11 nitrogen and oxygen atoms in total. The van der Waals surface area contributed by atoms with Crippen molar-refractivity contribution in [2.45, 2.75) is 19.8 Å². The van der Waals surface area contributed by atoms with E-state index in [1.807, 2.05) is 45.4 Å². The number of hydrogen-bond acceptors (Lipinski definition) is 9. The van der Waals surface area contributed by atoms with E-state index in [0.717, 1.165) is 30.8 Å². The van der Waals surface area contributed by atoms with Crippen LogP contribution in [0.3, 0.4) is 0 Å². The van der Waals surface area contributed by atoms with Gasteiger partial charge in [-0.15, -0.1) is 11.3 Å². The van der Waals surface area contributed by atoms with Gasteiger partial charge in [0.2, 0.25) is 0 Å². The predicted octanol–water partition coefficient (Wildman–Crippen LogP) is 5.10. The first-order valence-corrected chi connectivity index (χ1v) is 15.1. The highest BCUT2D eigenvalue weighted by Crippen LogP contribution is 2.26. The second-order valence-corrected chi connectivity index (χ2v) is 11.3. The summed E-state index contributed by atoms with van der Waals surface area (Å²) in [5.41, 5.74) is 10.3. The Labute approximate surface area is 259 Å². The molecule has 0 fully saturated rings. The highest BCUT2D eigenvalue weighted by molar-refractivity contribution is 7.13. The average Bonchev–Trinajstić information content (AvgIpc) is 3.64. The van der Waals surface area contributed by atoms with Crippen LogP contribution in [0, 0.1) is 0 Å². The van der Waals surface area contributed by atoms with Gasteiger partial charge in [0.15, 0.2) is 16.6 Å². The minimum Gasteiger partial charge on any atom is -0.382 e. The molecule has 0 aliphatic carbocycles. The van der Waals surface area contributed by atoms with Gasteiger partial charge in [0.25, 0.3) is 5.91 Å². The summed E-state index contributed by atoms with van der Waals surface area (Å²) >= 11 is 1.33. The Morgan fingerprint density at radius 1 is 1.05 bits per heavy atom. The molecule has 0 spiro atoms. The molecule has 0 aliphatic rings. The predicted molar refractivity (Wildman–Crippen MR) is 178 cm³/mol. The number of anilines is 3. The number of nitrogens with zero attached hydrogens (tertiary/aromatic N) is 7. The summed E-state index contributed by atoms with van der Waals surface area (Å²) in [6.45, 7) is 2.98. The zero-order valence-corrected chi connectivity index (χ0v) is 26.0. The molecule has 5 aromatic rings. The number of likely N-dealkylation sites (N-methyl/N-ethyl adjacent to an activating group) is 2. The molecule has 226 valence electrons. The third-order valence-corrected chi connectivity index (χ3v) is 7.64. The SMILES string of the molecule is CCC/C=C(/C=C/CN(C)C)N(C)c1cccc(-n2c(=O)n(-c3ccc(C(=O)Nc4nccs4)cc3)c3c(N)ncnc32)c1. The first kappa shape index (κ1) is 30.4. The zero-order valence-electron chi connectivity index (χ0n) is 25.1. The van der Waals surface area contributed by atoms with Gasteiger partial charge in [-0.05, 0) is 69.1 Å². The molecule has 0 bridgehead atoms. The second-order valence-electron chi connectivity index (χ2n) is 10.4. The van der Waals surface area contributed by atoms with Crippen molar-refractivity contribution in [3.8, 4) is 11.4 Å². The minimum absolute atomic E-state index is 0.167. The van der Waals surface area contributed by atoms with Gasteiger partial charge in [-0.25, -0.2) is 24.3 Å². The van der Waals surface area contributed by atoms with Crippen molar-refractivity contribution in [3.63, 3.8) is 0 Å².